The standard InChI is InChI=1S/C13H17F3N2O3S/c14-13(15,16)21-11-3-1-2-4-12(11)22(19,20)18-10-7-5-9(17)6-8-10/h1-4,9-10,18H,5-8,17H2. The van der Waals surface area contributed by atoms with Crippen LogP contribution in [0.2, 0.25) is 0 Å². The fourth-order valence-electron chi connectivity index (χ4n) is 2.40. The number of rotatable bonds is 4. The first kappa shape index (κ1) is 17.0. The number of ether oxygens (including phenoxy) is 1. The van der Waals surface area contributed by atoms with Gasteiger partial charge >= 0.3 is 6.36 Å². The Kier molecular flexibility index (Phi) is 4.98. The van der Waals surface area contributed by atoms with Crippen LogP contribution in [0.25, 0.3) is 0 Å². The molecule has 1 aromatic carbocycles. The van der Waals surface area contributed by atoms with Crippen molar-refractivity contribution < 1.29 is 26.3 Å². The third-order valence-corrected chi connectivity index (χ3v) is 5.02. The van der Waals surface area contributed by atoms with Gasteiger partial charge in [0.05, 0.1) is 0 Å². The monoisotopic (exact) mass is 338 g/mol. The van der Waals surface area contributed by atoms with Gasteiger partial charge in [-0.05, 0) is 37.8 Å². The van der Waals surface area contributed by atoms with E-state index in [1.807, 2.05) is 0 Å². The Balaban J connectivity index is 2.19. The van der Waals surface area contributed by atoms with Gasteiger partial charge in [-0.15, -0.1) is 13.2 Å². The molecule has 0 aromatic heterocycles. The second-order valence-corrected chi connectivity index (χ2v) is 6.91. The van der Waals surface area contributed by atoms with E-state index in [1.54, 1.807) is 0 Å². The van der Waals surface area contributed by atoms with E-state index in [9.17, 15) is 21.6 Å². The van der Waals surface area contributed by atoms with Gasteiger partial charge in [0, 0.05) is 12.1 Å². The third-order valence-electron chi connectivity index (χ3n) is 3.46. The molecule has 9 heteroatoms. The molecule has 3 N–H and O–H groups in total. The number of sulfonamides is 1. The molecule has 124 valence electrons. The van der Waals surface area contributed by atoms with Gasteiger partial charge < -0.3 is 10.5 Å². The lowest BCUT2D eigenvalue weighted by molar-refractivity contribution is -0.275. The van der Waals surface area contributed by atoms with Gasteiger partial charge in [0.2, 0.25) is 10.0 Å². The lowest BCUT2D eigenvalue weighted by Gasteiger charge is -2.26. The second-order valence-electron chi connectivity index (χ2n) is 5.23. The van der Waals surface area contributed by atoms with Gasteiger partial charge in [0.25, 0.3) is 0 Å². The summed E-state index contributed by atoms with van der Waals surface area (Å²) in [7, 11) is -4.10. The number of para-hydroxylation sites is 1. The fraction of sp³-hybridized carbons (Fsp3) is 0.538. The van der Waals surface area contributed by atoms with Gasteiger partial charge in [-0.1, -0.05) is 12.1 Å². The normalized spacial score (nSPS) is 23.3. The maximum absolute atomic E-state index is 12.4. The van der Waals surface area contributed by atoms with Gasteiger partial charge in [-0.25, -0.2) is 13.1 Å². The third kappa shape index (κ3) is 4.59. The highest BCUT2D eigenvalue weighted by molar-refractivity contribution is 7.89. The molecule has 22 heavy (non-hydrogen) atoms. The maximum atomic E-state index is 12.4. The van der Waals surface area contributed by atoms with Crippen molar-refractivity contribution in [3.8, 4) is 5.75 Å². The van der Waals surface area contributed by atoms with Crippen LogP contribution in [0.4, 0.5) is 13.2 Å². The van der Waals surface area contributed by atoms with Crippen molar-refractivity contribution in [2.24, 2.45) is 5.73 Å². The molecule has 5 nitrogen and oxygen atoms in total. The molecule has 0 spiro atoms. The van der Waals surface area contributed by atoms with Crippen molar-refractivity contribution in [2.45, 2.75) is 49.0 Å². The molecule has 0 amide bonds. The fourth-order valence-corrected chi connectivity index (χ4v) is 3.83. The number of hydrogen-bond donors (Lipinski definition) is 2. The van der Waals surface area contributed by atoms with E-state index < -0.39 is 27.0 Å². The Labute approximate surface area is 126 Å². The summed E-state index contributed by atoms with van der Waals surface area (Å²) in [5.74, 6) is -0.741. The summed E-state index contributed by atoms with van der Waals surface area (Å²) >= 11 is 0. The van der Waals surface area contributed by atoms with E-state index in [2.05, 4.69) is 9.46 Å². The average molecular weight is 338 g/mol. The largest absolute Gasteiger partial charge is 0.573 e. The van der Waals surface area contributed by atoms with E-state index in [-0.39, 0.29) is 12.1 Å². The van der Waals surface area contributed by atoms with Crippen LogP contribution < -0.4 is 15.2 Å². The second kappa shape index (κ2) is 6.43. The molecule has 1 aromatic rings. The first-order chi connectivity index (χ1) is 10.2. The molecule has 0 unspecified atom stereocenters. The SMILES string of the molecule is NC1CCC(NS(=O)(=O)c2ccccc2OC(F)(F)F)CC1. The molecule has 1 saturated carbocycles. The zero-order valence-corrected chi connectivity index (χ0v) is 12.5. The van der Waals surface area contributed by atoms with E-state index >= 15 is 0 Å². The van der Waals surface area contributed by atoms with Gasteiger partial charge in [-0.2, -0.15) is 0 Å². The lowest BCUT2D eigenvalue weighted by atomic mass is 9.93. The van der Waals surface area contributed by atoms with Crippen molar-refractivity contribution in [2.75, 3.05) is 0 Å². The zero-order chi connectivity index (χ0) is 16.4. The maximum Gasteiger partial charge on any atom is 0.573 e. The molecular weight excluding hydrogens is 321 g/mol. The quantitative estimate of drug-likeness (QED) is 0.881. The summed E-state index contributed by atoms with van der Waals surface area (Å²) in [5, 5.41) is 0. The molecule has 0 bridgehead atoms. The van der Waals surface area contributed by atoms with Gasteiger partial charge in [0.15, 0.2) is 0 Å². The minimum atomic E-state index is -4.96. The van der Waals surface area contributed by atoms with E-state index in [4.69, 9.17) is 5.73 Å². The van der Waals surface area contributed by atoms with Crippen molar-refractivity contribution in [1.29, 1.82) is 0 Å². The van der Waals surface area contributed by atoms with Crippen LogP contribution in [-0.2, 0) is 10.0 Å². The van der Waals surface area contributed by atoms with Crippen molar-refractivity contribution >= 4 is 10.0 Å². The van der Waals surface area contributed by atoms with Crippen LogP contribution in [0.15, 0.2) is 29.2 Å². The highest BCUT2D eigenvalue weighted by Gasteiger charge is 2.34. The Morgan fingerprint density at radius 3 is 2.32 bits per heavy atom. The molecule has 0 saturated heterocycles. The predicted octanol–water partition coefficient (Wildman–Crippen LogP) is 2.13. The van der Waals surface area contributed by atoms with Gasteiger partial charge in [0.1, 0.15) is 10.6 Å². The summed E-state index contributed by atoms with van der Waals surface area (Å²) in [6.07, 6.45) is -2.49. The van der Waals surface area contributed by atoms with E-state index in [1.165, 1.54) is 12.1 Å². The predicted molar refractivity (Wildman–Crippen MR) is 73.7 cm³/mol. The minimum Gasteiger partial charge on any atom is -0.404 e. The van der Waals surface area contributed by atoms with Crippen LogP contribution in [0.5, 0.6) is 5.75 Å². The summed E-state index contributed by atoms with van der Waals surface area (Å²) in [5.41, 5.74) is 5.74. The Bertz CT molecular complexity index is 611. The molecule has 0 heterocycles. The Hall–Kier alpha value is -1.32. The molecular formula is C13H17F3N2O3S. The number of nitrogens with one attached hydrogen (secondary N) is 1. The summed E-state index contributed by atoms with van der Waals surface area (Å²) < 4.78 is 67.9. The number of nitrogens with two attached hydrogens (primary N) is 1. The number of alkyl halides is 3. The molecule has 0 aliphatic heterocycles. The molecule has 0 radical (unpaired) electrons. The van der Waals surface area contributed by atoms with Crippen LogP contribution in [0.1, 0.15) is 25.7 Å². The molecule has 1 aliphatic carbocycles. The molecule has 2 rings (SSSR count). The highest BCUT2D eigenvalue weighted by atomic mass is 32.2. The smallest absolute Gasteiger partial charge is 0.404 e. The minimum absolute atomic E-state index is 0.0432. The average Bonchev–Trinajstić information content (AvgIpc) is 2.40. The van der Waals surface area contributed by atoms with E-state index in [0.717, 1.165) is 12.1 Å². The van der Waals surface area contributed by atoms with E-state index in [0.29, 0.717) is 25.7 Å². The molecule has 1 aliphatic rings. The van der Waals surface area contributed by atoms with Gasteiger partial charge in [-0.3, -0.25) is 0 Å². The van der Waals surface area contributed by atoms with Crippen molar-refractivity contribution in [3.05, 3.63) is 24.3 Å². The van der Waals surface area contributed by atoms with Crippen LogP contribution in [-0.4, -0.2) is 26.9 Å². The van der Waals surface area contributed by atoms with Crippen molar-refractivity contribution in [3.63, 3.8) is 0 Å². The first-order valence-electron chi connectivity index (χ1n) is 6.80. The molecule has 1 fully saturated rings. The highest BCUT2D eigenvalue weighted by Crippen LogP contribution is 2.30. The summed E-state index contributed by atoms with van der Waals surface area (Å²) in [6, 6.07) is 4.39. The Morgan fingerprint density at radius 1 is 1.14 bits per heavy atom. The number of benzene rings is 1. The van der Waals surface area contributed by atoms with Crippen LogP contribution in [0, 0.1) is 0 Å². The number of halogens is 3. The Morgan fingerprint density at radius 2 is 1.73 bits per heavy atom. The topological polar surface area (TPSA) is 81.4 Å². The van der Waals surface area contributed by atoms with Crippen molar-refractivity contribution in [1.82, 2.24) is 4.72 Å². The van der Waals surface area contributed by atoms with Crippen LogP contribution in [0.3, 0.4) is 0 Å². The number of hydrogen-bond acceptors (Lipinski definition) is 4. The van der Waals surface area contributed by atoms with Crippen LogP contribution >= 0.6 is 0 Å². The molecule has 0 atom stereocenters. The zero-order valence-electron chi connectivity index (χ0n) is 11.6. The lowest BCUT2D eigenvalue weighted by Crippen LogP contribution is -2.40. The first-order valence-corrected chi connectivity index (χ1v) is 8.28. The summed E-state index contributed by atoms with van der Waals surface area (Å²) in [4.78, 5) is -0.526. The summed E-state index contributed by atoms with van der Waals surface area (Å²) in [6.45, 7) is 0.